The van der Waals surface area contributed by atoms with Crippen molar-refractivity contribution in [3.63, 3.8) is 0 Å². The lowest BCUT2D eigenvalue weighted by Gasteiger charge is -2.14. The second kappa shape index (κ2) is 13.8. The third-order valence-corrected chi connectivity index (χ3v) is 10.2. The van der Waals surface area contributed by atoms with E-state index in [4.69, 9.17) is 9.97 Å². The maximum atomic E-state index is 12.5. The Morgan fingerprint density at radius 3 is 1.33 bits per heavy atom. The molecule has 0 saturated carbocycles. The summed E-state index contributed by atoms with van der Waals surface area (Å²) in [5.74, 6) is 0.677. The van der Waals surface area contributed by atoms with Crippen LogP contribution in [0.5, 0.6) is 0 Å². The van der Waals surface area contributed by atoms with Gasteiger partial charge in [0, 0.05) is 30.8 Å². The van der Waals surface area contributed by atoms with Crippen molar-refractivity contribution in [3.8, 4) is 78.4 Å². The molecule has 54 heavy (non-hydrogen) atoms. The van der Waals surface area contributed by atoms with Gasteiger partial charge in [0.2, 0.25) is 0 Å². The van der Waals surface area contributed by atoms with E-state index in [1.165, 1.54) is 22.3 Å². The maximum Gasteiger partial charge on any atom is 0.328 e. The topological polar surface area (TPSA) is 52.7 Å². The first kappa shape index (κ1) is 32.8. The Morgan fingerprint density at radius 1 is 0.352 bits per heavy atom. The molecule has 0 fully saturated rings. The summed E-state index contributed by atoms with van der Waals surface area (Å²) in [5.41, 5.74) is 15.7. The van der Waals surface area contributed by atoms with Gasteiger partial charge in [-0.15, -0.1) is 0 Å². The molecule has 2 aromatic heterocycles. The molecule has 5 heteroatoms. The van der Waals surface area contributed by atoms with E-state index in [0.29, 0.717) is 5.82 Å². The summed E-state index contributed by atoms with van der Waals surface area (Å²) in [6.45, 7) is 0. The molecule has 9 rings (SSSR count). The normalized spacial score (nSPS) is 11.2. The maximum absolute atomic E-state index is 12.5. The van der Waals surface area contributed by atoms with Crippen LogP contribution in [0.4, 0.5) is 0 Å². The Labute approximate surface area is 314 Å². The molecule has 0 saturated heterocycles. The monoisotopic (exact) mass is 696 g/mol. The van der Waals surface area contributed by atoms with E-state index < -0.39 is 0 Å². The highest BCUT2D eigenvalue weighted by Gasteiger charge is 2.14. The van der Waals surface area contributed by atoms with Gasteiger partial charge in [0.1, 0.15) is 0 Å². The number of rotatable bonds is 7. The lowest BCUT2D eigenvalue weighted by molar-refractivity contribution is 0.795. The summed E-state index contributed by atoms with van der Waals surface area (Å²) < 4.78 is 3.37. The molecule has 0 aliphatic carbocycles. The fourth-order valence-electron chi connectivity index (χ4n) is 7.26. The summed E-state index contributed by atoms with van der Waals surface area (Å²) in [5, 5.41) is 0. The van der Waals surface area contributed by atoms with Gasteiger partial charge < -0.3 is 0 Å². The van der Waals surface area contributed by atoms with E-state index in [9.17, 15) is 4.79 Å². The second-order valence-corrected chi connectivity index (χ2v) is 13.6. The van der Waals surface area contributed by atoms with Crippen molar-refractivity contribution in [2.24, 2.45) is 14.1 Å². The minimum Gasteiger partial charge on any atom is -0.295 e. The Hall–Kier alpha value is -7.11. The standard InChI is InChI=1S/C49H36N4O/c1-52-46-29-27-41(31-47(46)53(2)49(52)54)34-20-24-38(25-21-34)45-32-44(50-48(51-45)39-16-10-5-11-17-39)37-22-18-33(19-23-37)40-26-28-42(35-12-6-3-7-13-35)43(30-40)36-14-8-4-9-15-36/h3-32H,1-2H3. The fourth-order valence-corrected chi connectivity index (χ4v) is 7.26. The third kappa shape index (κ3) is 6.12. The van der Waals surface area contributed by atoms with Crippen LogP contribution in [0.15, 0.2) is 187 Å². The van der Waals surface area contributed by atoms with Gasteiger partial charge in [0.25, 0.3) is 0 Å². The van der Waals surface area contributed by atoms with Crippen molar-refractivity contribution in [2.45, 2.75) is 0 Å². The Kier molecular flexibility index (Phi) is 8.37. The van der Waals surface area contributed by atoms with Crippen LogP contribution in [0.25, 0.3) is 89.4 Å². The summed E-state index contributed by atoms with van der Waals surface area (Å²) in [7, 11) is 3.62. The van der Waals surface area contributed by atoms with Crippen molar-refractivity contribution in [1.29, 1.82) is 0 Å². The smallest absolute Gasteiger partial charge is 0.295 e. The van der Waals surface area contributed by atoms with E-state index in [0.717, 1.165) is 61.4 Å². The Bertz CT molecular complexity index is 2820. The van der Waals surface area contributed by atoms with Crippen molar-refractivity contribution in [3.05, 3.63) is 192 Å². The van der Waals surface area contributed by atoms with Crippen LogP contribution in [-0.2, 0) is 14.1 Å². The van der Waals surface area contributed by atoms with Crippen molar-refractivity contribution in [1.82, 2.24) is 19.1 Å². The molecule has 0 bridgehead atoms. The molecular formula is C49H36N4O. The van der Waals surface area contributed by atoms with Gasteiger partial charge >= 0.3 is 5.69 Å². The molecule has 0 amide bonds. The number of hydrogen-bond donors (Lipinski definition) is 0. The van der Waals surface area contributed by atoms with Crippen LogP contribution in [0, 0.1) is 0 Å². The lowest BCUT2D eigenvalue weighted by atomic mass is 9.91. The minimum atomic E-state index is -0.0318. The molecule has 2 heterocycles. The first-order chi connectivity index (χ1) is 26.5. The van der Waals surface area contributed by atoms with Gasteiger partial charge in [-0.2, -0.15) is 0 Å². The van der Waals surface area contributed by atoms with Crippen molar-refractivity contribution in [2.75, 3.05) is 0 Å². The first-order valence-corrected chi connectivity index (χ1v) is 18.1. The third-order valence-electron chi connectivity index (χ3n) is 10.2. The number of hydrogen-bond acceptors (Lipinski definition) is 3. The van der Waals surface area contributed by atoms with Crippen molar-refractivity contribution >= 4 is 11.0 Å². The molecule has 0 spiro atoms. The highest BCUT2D eigenvalue weighted by atomic mass is 16.1. The van der Waals surface area contributed by atoms with Gasteiger partial charge in [-0.3, -0.25) is 9.13 Å². The van der Waals surface area contributed by atoms with Crippen molar-refractivity contribution < 1.29 is 0 Å². The first-order valence-electron chi connectivity index (χ1n) is 18.1. The van der Waals surface area contributed by atoms with Crippen LogP contribution in [0.2, 0.25) is 0 Å². The van der Waals surface area contributed by atoms with Crippen LogP contribution in [0.3, 0.4) is 0 Å². The second-order valence-electron chi connectivity index (χ2n) is 13.6. The van der Waals surface area contributed by atoms with Gasteiger partial charge in [0.15, 0.2) is 5.82 Å². The predicted molar refractivity (Wildman–Crippen MR) is 222 cm³/mol. The zero-order valence-electron chi connectivity index (χ0n) is 30.0. The quantitative estimate of drug-likeness (QED) is 0.167. The van der Waals surface area contributed by atoms with Gasteiger partial charge in [0.05, 0.1) is 22.4 Å². The molecule has 0 N–H and O–H groups in total. The molecule has 0 atom stereocenters. The molecule has 258 valence electrons. The molecule has 7 aromatic carbocycles. The van der Waals surface area contributed by atoms with E-state index >= 15 is 0 Å². The summed E-state index contributed by atoms with van der Waals surface area (Å²) in [6, 6.07) is 63.4. The SMILES string of the molecule is Cn1c(=O)n(C)c2cc(-c3ccc(-c4cc(-c5ccc(-c6ccc(-c7ccccc7)c(-c7ccccc7)c6)cc5)nc(-c5ccccc5)n4)cc3)ccc21. The van der Waals surface area contributed by atoms with Crippen LogP contribution >= 0.6 is 0 Å². The van der Waals surface area contributed by atoms with Gasteiger partial charge in [-0.05, 0) is 68.8 Å². The molecule has 0 radical (unpaired) electrons. The number of imidazole rings is 1. The summed E-state index contributed by atoms with van der Waals surface area (Å²) in [6.07, 6.45) is 0. The largest absolute Gasteiger partial charge is 0.328 e. The molecule has 9 aromatic rings. The highest BCUT2D eigenvalue weighted by molar-refractivity contribution is 5.88. The van der Waals surface area contributed by atoms with Crippen LogP contribution in [-0.4, -0.2) is 19.1 Å². The highest BCUT2D eigenvalue weighted by Crippen LogP contribution is 2.37. The van der Waals surface area contributed by atoms with Gasteiger partial charge in [-0.25, -0.2) is 14.8 Å². The zero-order valence-corrected chi connectivity index (χ0v) is 30.0. The van der Waals surface area contributed by atoms with Gasteiger partial charge in [-0.1, -0.05) is 158 Å². The average molecular weight is 697 g/mol. The van der Waals surface area contributed by atoms with E-state index in [1.54, 1.807) is 16.2 Å². The minimum absolute atomic E-state index is 0.0318. The van der Waals surface area contributed by atoms with Crippen LogP contribution < -0.4 is 5.69 Å². The average Bonchev–Trinajstić information content (AvgIpc) is 3.47. The number of nitrogens with zero attached hydrogens (tertiary/aromatic N) is 4. The van der Waals surface area contributed by atoms with Crippen LogP contribution in [0.1, 0.15) is 0 Å². The number of aromatic nitrogens is 4. The Morgan fingerprint density at radius 2 is 0.778 bits per heavy atom. The molecule has 0 unspecified atom stereocenters. The predicted octanol–water partition coefficient (Wildman–Crippen LogP) is 11.3. The van der Waals surface area contributed by atoms with E-state index in [-0.39, 0.29) is 5.69 Å². The zero-order chi connectivity index (χ0) is 36.6. The molecule has 5 nitrogen and oxygen atoms in total. The summed E-state index contributed by atoms with van der Waals surface area (Å²) in [4.78, 5) is 22.6. The summed E-state index contributed by atoms with van der Waals surface area (Å²) >= 11 is 0. The fraction of sp³-hybridized carbons (Fsp3) is 0.0408. The number of benzene rings is 7. The van der Waals surface area contributed by atoms with E-state index in [1.807, 2.05) is 43.4 Å². The molecule has 0 aliphatic heterocycles. The molecular weight excluding hydrogens is 661 g/mol. The Balaban J connectivity index is 1.07. The lowest BCUT2D eigenvalue weighted by Crippen LogP contribution is -2.19. The van der Waals surface area contributed by atoms with E-state index in [2.05, 4.69) is 146 Å². The molecule has 0 aliphatic rings. The number of aryl methyl sites for hydroxylation is 2. The number of fused-ring (bicyclic) bond motifs is 1.